The number of hydrogen-bond donors (Lipinski definition) is 0. The SMILES string of the molecule is COC(=O)CCN(C)CCC1CCCCN1C. The van der Waals surface area contributed by atoms with Gasteiger partial charge >= 0.3 is 5.97 Å². The molecule has 1 atom stereocenters. The predicted octanol–water partition coefficient (Wildman–Crippen LogP) is 1.36. The van der Waals surface area contributed by atoms with Gasteiger partial charge in [-0.3, -0.25) is 4.79 Å². The Morgan fingerprint density at radius 3 is 2.82 bits per heavy atom. The summed E-state index contributed by atoms with van der Waals surface area (Å²) in [5, 5.41) is 0. The molecular weight excluding hydrogens is 216 g/mol. The third-order valence-corrected chi connectivity index (χ3v) is 3.69. The van der Waals surface area contributed by atoms with Gasteiger partial charge in [-0.1, -0.05) is 6.42 Å². The van der Waals surface area contributed by atoms with E-state index < -0.39 is 0 Å². The molecule has 17 heavy (non-hydrogen) atoms. The number of methoxy groups -OCH3 is 1. The van der Waals surface area contributed by atoms with Crippen molar-refractivity contribution in [2.45, 2.75) is 38.1 Å². The Labute approximate surface area is 105 Å². The summed E-state index contributed by atoms with van der Waals surface area (Å²) in [4.78, 5) is 15.7. The molecule has 1 saturated heterocycles. The summed E-state index contributed by atoms with van der Waals surface area (Å²) in [5.74, 6) is -0.119. The minimum absolute atomic E-state index is 0.119. The van der Waals surface area contributed by atoms with Crippen LogP contribution in [0, 0.1) is 0 Å². The minimum atomic E-state index is -0.119. The third-order valence-electron chi connectivity index (χ3n) is 3.69. The van der Waals surface area contributed by atoms with E-state index in [0.29, 0.717) is 6.42 Å². The second-order valence-electron chi connectivity index (χ2n) is 5.05. The first-order valence-corrected chi connectivity index (χ1v) is 6.59. The van der Waals surface area contributed by atoms with Gasteiger partial charge in [-0.25, -0.2) is 0 Å². The van der Waals surface area contributed by atoms with Crippen LogP contribution in [0.15, 0.2) is 0 Å². The summed E-state index contributed by atoms with van der Waals surface area (Å²) >= 11 is 0. The molecule has 1 heterocycles. The van der Waals surface area contributed by atoms with Crippen molar-refractivity contribution in [3.63, 3.8) is 0 Å². The maximum Gasteiger partial charge on any atom is 0.306 e. The van der Waals surface area contributed by atoms with Crippen LogP contribution >= 0.6 is 0 Å². The molecule has 0 N–H and O–H groups in total. The van der Waals surface area contributed by atoms with Crippen LogP contribution < -0.4 is 0 Å². The summed E-state index contributed by atoms with van der Waals surface area (Å²) in [6.07, 6.45) is 5.72. The largest absolute Gasteiger partial charge is 0.469 e. The Balaban J connectivity index is 2.14. The normalized spacial score (nSPS) is 21.8. The van der Waals surface area contributed by atoms with Gasteiger partial charge in [-0.15, -0.1) is 0 Å². The second kappa shape index (κ2) is 7.67. The second-order valence-corrected chi connectivity index (χ2v) is 5.05. The van der Waals surface area contributed by atoms with Crippen LogP contribution in [0.2, 0.25) is 0 Å². The molecule has 4 heteroatoms. The van der Waals surface area contributed by atoms with Crippen molar-refractivity contribution in [3.8, 4) is 0 Å². The van der Waals surface area contributed by atoms with Crippen molar-refractivity contribution in [3.05, 3.63) is 0 Å². The van der Waals surface area contributed by atoms with E-state index in [2.05, 4.69) is 28.6 Å². The molecule has 0 aromatic heterocycles. The highest BCUT2D eigenvalue weighted by molar-refractivity contribution is 5.69. The van der Waals surface area contributed by atoms with Gasteiger partial charge in [-0.2, -0.15) is 0 Å². The number of likely N-dealkylation sites (tertiary alicyclic amines) is 1. The lowest BCUT2D eigenvalue weighted by atomic mass is 10.00. The lowest BCUT2D eigenvalue weighted by molar-refractivity contribution is -0.140. The van der Waals surface area contributed by atoms with Gasteiger partial charge in [0, 0.05) is 12.6 Å². The summed E-state index contributed by atoms with van der Waals surface area (Å²) in [6, 6.07) is 0.726. The lowest BCUT2D eigenvalue weighted by Crippen LogP contribution is -2.38. The van der Waals surface area contributed by atoms with E-state index in [-0.39, 0.29) is 5.97 Å². The van der Waals surface area contributed by atoms with Gasteiger partial charge < -0.3 is 14.5 Å². The molecule has 0 aliphatic carbocycles. The number of carbonyl (C=O) groups is 1. The number of esters is 1. The molecule has 1 aliphatic rings. The van der Waals surface area contributed by atoms with Crippen LogP contribution in [-0.4, -0.2) is 62.7 Å². The number of piperidine rings is 1. The molecule has 0 spiro atoms. The first-order chi connectivity index (χ1) is 8.13. The van der Waals surface area contributed by atoms with Crippen molar-refractivity contribution >= 4 is 5.97 Å². The summed E-state index contributed by atoms with van der Waals surface area (Å²) in [6.45, 7) is 3.09. The average Bonchev–Trinajstić information content (AvgIpc) is 2.35. The van der Waals surface area contributed by atoms with E-state index in [1.807, 2.05) is 0 Å². The Kier molecular flexibility index (Phi) is 6.52. The molecule has 1 unspecified atom stereocenters. The van der Waals surface area contributed by atoms with Gasteiger partial charge in [-0.05, 0) is 46.4 Å². The van der Waals surface area contributed by atoms with Gasteiger partial charge in [0.05, 0.1) is 13.5 Å². The van der Waals surface area contributed by atoms with Crippen molar-refractivity contribution in [1.82, 2.24) is 9.80 Å². The van der Waals surface area contributed by atoms with Crippen molar-refractivity contribution in [2.75, 3.05) is 40.8 Å². The van der Waals surface area contributed by atoms with Crippen molar-refractivity contribution < 1.29 is 9.53 Å². The zero-order chi connectivity index (χ0) is 12.7. The Hall–Kier alpha value is -0.610. The molecule has 0 radical (unpaired) electrons. The molecule has 0 amide bonds. The Morgan fingerprint density at radius 2 is 2.18 bits per heavy atom. The summed E-state index contributed by atoms with van der Waals surface area (Å²) in [5.41, 5.74) is 0. The van der Waals surface area contributed by atoms with Crippen LogP contribution in [0.3, 0.4) is 0 Å². The van der Waals surface area contributed by atoms with E-state index >= 15 is 0 Å². The van der Waals surface area contributed by atoms with Crippen molar-refractivity contribution in [1.29, 1.82) is 0 Å². The molecule has 1 aliphatic heterocycles. The molecule has 100 valence electrons. The van der Waals surface area contributed by atoms with Crippen LogP contribution in [0.1, 0.15) is 32.1 Å². The molecule has 4 nitrogen and oxygen atoms in total. The highest BCUT2D eigenvalue weighted by atomic mass is 16.5. The fourth-order valence-corrected chi connectivity index (χ4v) is 2.37. The van der Waals surface area contributed by atoms with Crippen LogP contribution in [0.25, 0.3) is 0 Å². The van der Waals surface area contributed by atoms with E-state index in [1.54, 1.807) is 0 Å². The fraction of sp³-hybridized carbons (Fsp3) is 0.923. The predicted molar refractivity (Wildman–Crippen MR) is 69.0 cm³/mol. The highest BCUT2D eigenvalue weighted by Crippen LogP contribution is 2.17. The molecule has 0 bridgehead atoms. The van der Waals surface area contributed by atoms with Crippen molar-refractivity contribution in [2.24, 2.45) is 0 Å². The number of carbonyl (C=O) groups excluding carboxylic acids is 1. The quantitative estimate of drug-likeness (QED) is 0.658. The number of nitrogens with zero attached hydrogens (tertiary/aromatic N) is 2. The lowest BCUT2D eigenvalue weighted by Gasteiger charge is -2.33. The zero-order valence-corrected chi connectivity index (χ0v) is 11.4. The third kappa shape index (κ3) is 5.50. The Morgan fingerprint density at radius 1 is 1.41 bits per heavy atom. The molecule has 0 aromatic rings. The smallest absolute Gasteiger partial charge is 0.306 e. The van der Waals surface area contributed by atoms with Gasteiger partial charge in [0.25, 0.3) is 0 Å². The van der Waals surface area contributed by atoms with Crippen LogP contribution in [0.5, 0.6) is 0 Å². The van der Waals surface area contributed by atoms with E-state index in [9.17, 15) is 4.79 Å². The Bertz CT molecular complexity index is 233. The first kappa shape index (κ1) is 14.5. The highest BCUT2D eigenvalue weighted by Gasteiger charge is 2.18. The van der Waals surface area contributed by atoms with Crippen LogP contribution in [-0.2, 0) is 9.53 Å². The summed E-state index contributed by atoms with van der Waals surface area (Å²) < 4.78 is 4.64. The average molecular weight is 242 g/mol. The standard InChI is InChI=1S/C13H26N2O2/c1-14(11-8-13(16)17-3)10-7-12-6-4-5-9-15(12)2/h12H,4-11H2,1-3H3. The molecule has 1 rings (SSSR count). The maximum absolute atomic E-state index is 11.0. The van der Waals surface area contributed by atoms with E-state index in [4.69, 9.17) is 0 Å². The number of ether oxygens (including phenoxy) is 1. The molecule has 0 saturated carbocycles. The van der Waals surface area contributed by atoms with E-state index in [0.717, 1.165) is 19.1 Å². The van der Waals surface area contributed by atoms with Gasteiger partial charge in [0.15, 0.2) is 0 Å². The molecule has 1 fully saturated rings. The fourth-order valence-electron chi connectivity index (χ4n) is 2.37. The number of rotatable bonds is 6. The summed E-state index contributed by atoms with van der Waals surface area (Å²) in [7, 11) is 5.74. The zero-order valence-electron chi connectivity index (χ0n) is 11.4. The molecule has 0 aromatic carbocycles. The van der Waals surface area contributed by atoms with E-state index in [1.165, 1.54) is 39.3 Å². The number of hydrogen-bond acceptors (Lipinski definition) is 4. The van der Waals surface area contributed by atoms with Gasteiger partial charge in [0.2, 0.25) is 0 Å². The topological polar surface area (TPSA) is 32.8 Å². The monoisotopic (exact) mass is 242 g/mol. The molecular formula is C13H26N2O2. The first-order valence-electron chi connectivity index (χ1n) is 6.59. The van der Waals surface area contributed by atoms with Crippen LogP contribution in [0.4, 0.5) is 0 Å². The minimum Gasteiger partial charge on any atom is -0.469 e. The van der Waals surface area contributed by atoms with Gasteiger partial charge in [0.1, 0.15) is 0 Å². The maximum atomic E-state index is 11.0.